The normalized spacial score (nSPS) is 19.6. The number of thiophene rings is 1. The van der Waals surface area contributed by atoms with Gasteiger partial charge in [0.25, 0.3) is 5.91 Å². The monoisotopic (exact) mass is 388 g/mol. The van der Waals surface area contributed by atoms with Crippen LogP contribution in [0.3, 0.4) is 0 Å². The highest BCUT2D eigenvalue weighted by Crippen LogP contribution is 2.27. The van der Waals surface area contributed by atoms with Gasteiger partial charge in [-0.25, -0.2) is 0 Å². The van der Waals surface area contributed by atoms with E-state index in [0.717, 1.165) is 44.6 Å². The van der Waals surface area contributed by atoms with Gasteiger partial charge in [-0.15, -0.1) is 11.3 Å². The average Bonchev–Trinajstić information content (AvgIpc) is 3.45. The minimum Gasteiger partial charge on any atom is -0.337 e. The summed E-state index contributed by atoms with van der Waals surface area (Å²) in [5.41, 5.74) is 4.90. The summed E-state index contributed by atoms with van der Waals surface area (Å²) in [4.78, 5) is 18.8. The molecule has 5 rings (SSSR count). The van der Waals surface area contributed by atoms with Crippen molar-refractivity contribution in [2.45, 2.75) is 25.4 Å². The Morgan fingerprint density at radius 2 is 1.75 bits per heavy atom. The minimum atomic E-state index is 0.164. The molecule has 0 saturated carbocycles. The van der Waals surface area contributed by atoms with Gasteiger partial charge in [-0.05, 0) is 53.1 Å². The number of likely N-dealkylation sites (tertiary alicyclic amines) is 1. The smallest absolute Gasteiger partial charge is 0.253 e. The summed E-state index contributed by atoms with van der Waals surface area (Å²) in [7, 11) is 0. The Hall–Kier alpha value is -2.43. The van der Waals surface area contributed by atoms with Crippen LogP contribution in [0.1, 0.15) is 27.9 Å². The Bertz CT molecular complexity index is 965. The van der Waals surface area contributed by atoms with Crippen LogP contribution in [0.5, 0.6) is 0 Å². The zero-order chi connectivity index (χ0) is 18.9. The summed E-state index contributed by atoms with van der Waals surface area (Å²) in [6.45, 7) is 3.81. The van der Waals surface area contributed by atoms with Gasteiger partial charge in [0.2, 0.25) is 0 Å². The molecular weight excluding hydrogens is 364 g/mol. The maximum absolute atomic E-state index is 13.0. The zero-order valence-corrected chi connectivity index (χ0v) is 16.7. The van der Waals surface area contributed by atoms with Crippen molar-refractivity contribution >= 4 is 17.2 Å². The average molecular weight is 389 g/mol. The topological polar surface area (TPSA) is 23.6 Å². The van der Waals surface area contributed by atoms with Crippen molar-refractivity contribution in [3.63, 3.8) is 0 Å². The predicted molar refractivity (Wildman–Crippen MR) is 115 cm³/mol. The van der Waals surface area contributed by atoms with Crippen molar-refractivity contribution in [1.29, 1.82) is 0 Å². The highest BCUT2D eigenvalue weighted by Gasteiger charge is 2.32. The lowest BCUT2D eigenvalue weighted by Gasteiger charge is -2.33. The van der Waals surface area contributed by atoms with Gasteiger partial charge in [0, 0.05) is 42.7 Å². The highest BCUT2D eigenvalue weighted by atomic mass is 32.1. The van der Waals surface area contributed by atoms with Gasteiger partial charge < -0.3 is 4.90 Å². The molecule has 0 N–H and O–H groups in total. The van der Waals surface area contributed by atoms with E-state index in [4.69, 9.17) is 0 Å². The van der Waals surface area contributed by atoms with Crippen molar-refractivity contribution in [2.24, 2.45) is 0 Å². The number of carbonyl (C=O) groups excluding carboxylic acids is 1. The molecule has 0 unspecified atom stereocenters. The molecule has 0 aliphatic carbocycles. The predicted octanol–water partition coefficient (Wildman–Crippen LogP) is 4.69. The molecule has 1 atom stereocenters. The van der Waals surface area contributed by atoms with Crippen LogP contribution in [-0.4, -0.2) is 41.4 Å². The van der Waals surface area contributed by atoms with E-state index in [-0.39, 0.29) is 5.91 Å². The van der Waals surface area contributed by atoms with Crippen LogP contribution >= 0.6 is 11.3 Å². The van der Waals surface area contributed by atoms with Crippen LogP contribution in [0.4, 0.5) is 0 Å². The van der Waals surface area contributed by atoms with E-state index in [1.54, 1.807) is 11.3 Å². The number of nitrogens with zero attached hydrogens (tertiary/aromatic N) is 2. The molecule has 28 heavy (non-hydrogen) atoms. The first kappa shape index (κ1) is 17.7. The lowest BCUT2D eigenvalue weighted by molar-refractivity contribution is 0.0773. The summed E-state index contributed by atoms with van der Waals surface area (Å²) in [5.74, 6) is 0.164. The molecule has 2 aromatic carbocycles. The summed E-state index contributed by atoms with van der Waals surface area (Å²) < 4.78 is 0. The Morgan fingerprint density at radius 1 is 0.929 bits per heavy atom. The second kappa shape index (κ2) is 7.53. The van der Waals surface area contributed by atoms with Gasteiger partial charge >= 0.3 is 0 Å². The number of benzene rings is 2. The van der Waals surface area contributed by atoms with Crippen molar-refractivity contribution < 1.29 is 4.79 Å². The fraction of sp³-hybridized carbons (Fsp3) is 0.292. The molecular formula is C24H24N2OS. The van der Waals surface area contributed by atoms with E-state index in [1.165, 1.54) is 21.6 Å². The molecule has 2 aliphatic heterocycles. The molecule has 3 aromatic rings. The van der Waals surface area contributed by atoms with Crippen LogP contribution in [0, 0.1) is 0 Å². The second-order valence-electron chi connectivity index (χ2n) is 7.74. The number of fused-ring (bicyclic) bond motifs is 1. The first-order valence-electron chi connectivity index (χ1n) is 10.0. The quantitative estimate of drug-likeness (QED) is 0.650. The molecule has 1 aromatic heterocycles. The van der Waals surface area contributed by atoms with Crippen molar-refractivity contribution in [2.75, 3.05) is 19.6 Å². The van der Waals surface area contributed by atoms with Crippen LogP contribution in [0.25, 0.3) is 10.4 Å². The summed E-state index contributed by atoms with van der Waals surface area (Å²) in [5, 5.41) is 2.08. The molecule has 4 heteroatoms. The zero-order valence-electron chi connectivity index (χ0n) is 15.9. The Labute approximate surface area is 170 Å². The van der Waals surface area contributed by atoms with Crippen molar-refractivity contribution in [3.8, 4) is 10.4 Å². The molecule has 1 amide bonds. The van der Waals surface area contributed by atoms with Gasteiger partial charge in [0.1, 0.15) is 0 Å². The summed E-state index contributed by atoms with van der Waals surface area (Å²) >= 11 is 1.73. The fourth-order valence-corrected chi connectivity index (χ4v) is 5.19. The Balaban J connectivity index is 1.24. The van der Waals surface area contributed by atoms with E-state index in [0.29, 0.717) is 6.04 Å². The summed E-state index contributed by atoms with van der Waals surface area (Å²) in [6.07, 6.45) is 2.19. The number of rotatable bonds is 3. The molecule has 0 radical (unpaired) electrons. The van der Waals surface area contributed by atoms with Gasteiger partial charge in [-0.1, -0.05) is 42.5 Å². The SMILES string of the molecule is O=C(c1ccc(-c2cccs2)cc1)N1CC[C@@H](N2CCc3ccccc3C2)C1. The molecule has 0 spiro atoms. The second-order valence-corrected chi connectivity index (χ2v) is 8.69. The minimum absolute atomic E-state index is 0.164. The number of hydrogen-bond donors (Lipinski definition) is 0. The first-order chi connectivity index (χ1) is 13.8. The number of amides is 1. The highest BCUT2D eigenvalue weighted by molar-refractivity contribution is 7.13. The van der Waals surface area contributed by atoms with Gasteiger partial charge in [0.05, 0.1) is 0 Å². The third-order valence-electron chi connectivity index (χ3n) is 6.06. The fourth-order valence-electron chi connectivity index (χ4n) is 4.46. The maximum atomic E-state index is 13.0. The summed E-state index contributed by atoms with van der Waals surface area (Å²) in [6, 6.07) is 21.5. The van der Waals surface area contributed by atoms with Gasteiger partial charge in [0.15, 0.2) is 0 Å². The largest absolute Gasteiger partial charge is 0.337 e. The van der Waals surface area contributed by atoms with Gasteiger partial charge in [-0.3, -0.25) is 9.69 Å². The van der Waals surface area contributed by atoms with E-state index >= 15 is 0 Å². The van der Waals surface area contributed by atoms with E-state index in [2.05, 4.69) is 58.8 Å². The van der Waals surface area contributed by atoms with Crippen LogP contribution in [0.15, 0.2) is 66.0 Å². The number of carbonyl (C=O) groups is 1. The van der Waals surface area contributed by atoms with Crippen LogP contribution < -0.4 is 0 Å². The Kier molecular flexibility index (Phi) is 4.75. The lowest BCUT2D eigenvalue weighted by Crippen LogP contribution is -2.41. The van der Waals surface area contributed by atoms with E-state index in [9.17, 15) is 4.79 Å². The van der Waals surface area contributed by atoms with Crippen molar-refractivity contribution in [1.82, 2.24) is 9.80 Å². The molecule has 1 fully saturated rings. The molecule has 0 bridgehead atoms. The third-order valence-corrected chi connectivity index (χ3v) is 6.98. The van der Waals surface area contributed by atoms with Crippen molar-refractivity contribution in [3.05, 3.63) is 82.7 Å². The molecule has 142 valence electrons. The standard InChI is InChI=1S/C24H24N2OS/c27-24(20-9-7-19(8-10-20)23-6-3-15-28-23)26-14-12-22(17-26)25-13-11-18-4-1-2-5-21(18)16-25/h1-10,15,22H,11-14,16-17H2/t22-/m1/s1. The molecule has 1 saturated heterocycles. The number of hydrogen-bond acceptors (Lipinski definition) is 3. The van der Waals surface area contributed by atoms with Crippen LogP contribution in [-0.2, 0) is 13.0 Å². The lowest BCUT2D eigenvalue weighted by atomic mass is 9.98. The third kappa shape index (κ3) is 3.38. The van der Waals surface area contributed by atoms with E-state index < -0.39 is 0 Å². The molecule has 3 heterocycles. The molecule has 2 aliphatic rings. The van der Waals surface area contributed by atoms with E-state index in [1.807, 2.05) is 17.0 Å². The first-order valence-corrected chi connectivity index (χ1v) is 10.9. The van der Waals surface area contributed by atoms with Crippen LogP contribution in [0.2, 0.25) is 0 Å². The Morgan fingerprint density at radius 3 is 2.54 bits per heavy atom. The van der Waals surface area contributed by atoms with Gasteiger partial charge in [-0.2, -0.15) is 0 Å². The molecule has 3 nitrogen and oxygen atoms in total. The maximum Gasteiger partial charge on any atom is 0.253 e.